The van der Waals surface area contributed by atoms with Crippen LogP contribution in [0.2, 0.25) is 10.0 Å². The lowest BCUT2D eigenvalue weighted by molar-refractivity contribution is -0.139. The minimum absolute atomic E-state index is 0.0935. The Bertz CT molecular complexity index is 1110. The molecule has 0 radical (unpaired) electrons. The summed E-state index contributed by atoms with van der Waals surface area (Å²) in [4.78, 5) is 12.4. The summed E-state index contributed by atoms with van der Waals surface area (Å²) in [5.41, 5.74) is -2.70. The normalized spacial score (nSPS) is 24.7. The van der Waals surface area contributed by atoms with E-state index in [0.717, 1.165) is 6.07 Å². The second-order valence-electron chi connectivity index (χ2n) is 8.83. The molecule has 5 nitrogen and oxygen atoms in total. The van der Waals surface area contributed by atoms with E-state index in [-0.39, 0.29) is 34.2 Å². The molecule has 3 rings (SSSR count). The second-order valence-corrected chi connectivity index (χ2v) is 9.67. The van der Waals surface area contributed by atoms with E-state index < -0.39 is 46.4 Å². The van der Waals surface area contributed by atoms with Crippen LogP contribution in [0.15, 0.2) is 36.4 Å². The molecule has 1 heterocycles. The highest BCUT2D eigenvalue weighted by molar-refractivity contribution is 6.31. The Morgan fingerprint density at radius 2 is 1.91 bits per heavy atom. The summed E-state index contributed by atoms with van der Waals surface area (Å²) in [6.07, 6.45) is 1.24. The van der Waals surface area contributed by atoms with Gasteiger partial charge in [0.1, 0.15) is 23.1 Å². The molecule has 0 aliphatic carbocycles. The molecule has 34 heavy (non-hydrogen) atoms. The Kier molecular flexibility index (Phi) is 7.89. The molecule has 0 amide bonds. The fourth-order valence-electron chi connectivity index (χ4n) is 5.19. The highest BCUT2D eigenvalue weighted by atomic mass is 35.5. The summed E-state index contributed by atoms with van der Waals surface area (Å²) in [6, 6.07) is 7.78. The molecule has 0 aromatic heterocycles. The van der Waals surface area contributed by atoms with E-state index in [1.54, 1.807) is 0 Å². The molecule has 1 saturated heterocycles. The number of carbonyl (C=O) groups is 1. The molecule has 2 aromatic carbocycles. The molecule has 3 N–H and O–H groups in total. The number of carboxylic acids is 1. The van der Waals surface area contributed by atoms with Crippen LogP contribution in [0.25, 0.3) is 0 Å². The van der Waals surface area contributed by atoms with Crippen LogP contribution in [0.3, 0.4) is 0 Å². The molecule has 1 fully saturated rings. The van der Waals surface area contributed by atoms with Crippen molar-refractivity contribution in [1.29, 1.82) is 5.26 Å². The zero-order valence-electron chi connectivity index (χ0n) is 18.8. The third-order valence-corrected chi connectivity index (χ3v) is 7.90. The summed E-state index contributed by atoms with van der Waals surface area (Å²) in [6.45, 7) is 3.56. The molecule has 9 heteroatoms. The lowest BCUT2D eigenvalue weighted by Gasteiger charge is -2.39. The van der Waals surface area contributed by atoms with Crippen LogP contribution in [0, 0.1) is 28.4 Å². The third-order valence-electron chi connectivity index (χ3n) is 7.37. The SMILES string of the molecule is CCC(CC)(CO)CC1NC(C(=O)O)C(c2cccc(Cl)c2F)C1(C#N)c1ccc(Cl)cc1F. The van der Waals surface area contributed by atoms with Gasteiger partial charge in [0.05, 0.1) is 11.1 Å². The maximum Gasteiger partial charge on any atom is 0.321 e. The number of nitrogens with zero attached hydrogens (tertiary/aromatic N) is 1. The minimum Gasteiger partial charge on any atom is -0.480 e. The minimum atomic E-state index is -1.84. The first kappa shape index (κ1) is 26.4. The zero-order chi connectivity index (χ0) is 25.3. The van der Waals surface area contributed by atoms with Crippen molar-refractivity contribution in [2.24, 2.45) is 5.41 Å². The summed E-state index contributed by atoms with van der Waals surface area (Å²) in [5, 5.41) is 33.8. The van der Waals surface area contributed by atoms with Gasteiger partial charge in [-0.05, 0) is 48.4 Å². The Balaban J connectivity index is 2.37. The topological polar surface area (TPSA) is 93.3 Å². The lowest BCUT2D eigenvalue weighted by Crippen LogP contribution is -2.46. The van der Waals surface area contributed by atoms with Gasteiger partial charge in [-0.1, -0.05) is 55.2 Å². The highest BCUT2D eigenvalue weighted by Gasteiger charge is 2.61. The number of rotatable bonds is 8. The Hall–Kier alpha value is -2.24. The first-order valence-corrected chi connectivity index (χ1v) is 11.8. The monoisotopic (exact) mass is 510 g/mol. The van der Waals surface area contributed by atoms with Crippen LogP contribution >= 0.6 is 23.2 Å². The van der Waals surface area contributed by atoms with E-state index in [2.05, 4.69) is 11.4 Å². The molecule has 1 aliphatic rings. The van der Waals surface area contributed by atoms with Crippen molar-refractivity contribution < 1.29 is 23.8 Å². The van der Waals surface area contributed by atoms with Gasteiger partial charge >= 0.3 is 5.97 Å². The molecule has 0 saturated carbocycles. The van der Waals surface area contributed by atoms with Gasteiger partial charge in [-0.3, -0.25) is 10.1 Å². The fraction of sp³-hybridized carbons (Fsp3) is 0.440. The standard InChI is InChI=1S/C25H26Cl2F2N2O3/c1-3-24(4-2,13-32)11-19-25(12-30,16-9-8-14(26)10-18(16)28)20(22(31-19)23(33)34)15-6-5-7-17(27)21(15)29/h5-10,19-20,22,31-32H,3-4,11,13H2,1-2H3,(H,33,34). The van der Waals surface area contributed by atoms with E-state index in [0.29, 0.717) is 12.8 Å². The number of aliphatic hydroxyl groups is 1. The third kappa shape index (κ3) is 4.29. The number of aliphatic carboxylic acids is 1. The molecular formula is C25H26Cl2F2N2O3. The first-order valence-electron chi connectivity index (χ1n) is 11.0. The number of benzene rings is 2. The molecule has 182 valence electrons. The number of hydrogen-bond donors (Lipinski definition) is 3. The van der Waals surface area contributed by atoms with Crippen molar-refractivity contribution >= 4 is 29.2 Å². The molecular weight excluding hydrogens is 485 g/mol. The van der Waals surface area contributed by atoms with Crippen molar-refractivity contribution in [3.63, 3.8) is 0 Å². The smallest absolute Gasteiger partial charge is 0.321 e. The Morgan fingerprint density at radius 1 is 1.24 bits per heavy atom. The quantitative estimate of drug-likeness (QED) is 0.440. The van der Waals surface area contributed by atoms with Gasteiger partial charge in [-0.2, -0.15) is 5.26 Å². The fourth-order valence-corrected chi connectivity index (χ4v) is 5.53. The number of nitriles is 1. The van der Waals surface area contributed by atoms with Gasteiger partial charge in [-0.25, -0.2) is 8.78 Å². The van der Waals surface area contributed by atoms with Gasteiger partial charge in [0.15, 0.2) is 0 Å². The van der Waals surface area contributed by atoms with Crippen molar-refractivity contribution in [2.75, 3.05) is 6.61 Å². The summed E-state index contributed by atoms with van der Waals surface area (Å²) in [5.74, 6) is -4.30. The van der Waals surface area contributed by atoms with Gasteiger partial charge in [0, 0.05) is 29.2 Å². The number of aliphatic hydroxyl groups excluding tert-OH is 1. The molecule has 4 unspecified atom stereocenters. The van der Waals surface area contributed by atoms with Gasteiger partial charge in [0.2, 0.25) is 0 Å². The van der Waals surface area contributed by atoms with E-state index in [1.807, 2.05) is 13.8 Å². The molecule has 1 aliphatic heterocycles. The molecule has 0 bridgehead atoms. The predicted octanol–water partition coefficient (Wildman–Crippen LogP) is 5.43. The lowest BCUT2D eigenvalue weighted by atomic mass is 9.61. The van der Waals surface area contributed by atoms with Gasteiger partial charge < -0.3 is 10.2 Å². The predicted molar refractivity (Wildman–Crippen MR) is 126 cm³/mol. The average Bonchev–Trinajstić information content (AvgIpc) is 3.14. The molecule has 2 aromatic rings. The first-order chi connectivity index (χ1) is 16.1. The summed E-state index contributed by atoms with van der Waals surface area (Å²) < 4.78 is 30.7. The Labute approximate surface area is 207 Å². The maximum absolute atomic E-state index is 15.4. The van der Waals surface area contributed by atoms with Crippen LogP contribution in [0.4, 0.5) is 8.78 Å². The van der Waals surface area contributed by atoms with Crippen LogP contribution in [-0.4, -0.2) is 34.9 Å². The van der Waals surface area contributed by atoms with E-state index in [4.69, 9.17) is 23.2 Å². The number of nitrogens with one attached hydrogen (secondary N) is 1. The van der Waals surface area contributed by atoms with Gasteiger partial charge in [0.25, 0.3) is 0 Å². The Morgan fingerprint density at radius 3 is 2.44 bits per heavy atom. The molecule has 0 spiro atoms. The largest absolute Gasteiger partial charge is 0.480 e. The van der Waals surface area contributed by atoms with Crippen molar-refractivity contribution in [3.8, 4) is 6.07 Å². The summed E-state index contributed by atoms with van der Waals surface area (Å²) >= 11 is 12.0. The number of carboxylic acid groups (broad SMARTS) is 1. The average molecular weight is 511 g/mol. The van der Waals surface area contributed by atoms with Crippen LogP contribution < -0.4 is 5.32 Å². The zero-order valence-corrected chi connectivity index (χ0v) is 20.3. The van der Waals surface area contributed by atoms with Gasteiger partial charge in [-0.15, -0.1) is 0 Å². The highest BCUT2D eigenvalue weighted by Crippen LogP contribution is 2.53. The van der Waals surface area contributed by atoms with Crippen molar-refractivity contribution in [2.45, 2.75) is 56.5 Å². The molecule has 4 atom stereocenters. The van der Waals surface area contributed by atoms with Crippen LogP contribution in [0.5, 0.6) is 0 Å². The summed E-state index contributed by atoms with van der Waals surface area (Å²) in [7, 11) is 0. The second kappa shape index (κ2) is 10.2. The maximum atomic E-state index is 15.4. The van der Waals surface area contributed by atoms with Crippen LogP contribution in [-0.2, 0) is 10.2 Å². The van der Waals surface area contributed by atoms with E-state index in [1.165, 1.54) is 30.3 Å². The number of halogens is 4. The van der Waals surface area contributed by atoms with Crippen molar-refractivity contribution in [1.82, 2.24) is 5.32 Å². The number of hydrogen-bond acceptors (Lipinski definition) is 4. The van der Waals surface area contributed by atoms with Crippen LogP contribution in [0.1, 0.15) is 50.2 Å². The van der Waals surface area contributed by atoms with E-state index in [9.17, 15) is 20.3 Å². The van der Waals surface area contributed by atoms with Crippen molar-refractivity contribution in [3.05, 3.63) is 69.2 Å². The van der Waals surface area contributed by atoms with E-state index >= 15 is 8.78 Å².